The predicted molar refractivity (Wildman–Crippen MR) is 57.4 cm³/mol. The van der Waals surface area contributed by atoms with Gasteiger partial charge >= 0.3 is 0 Å². The highest BCUT2D eigenvalue weighted by Crippen LogP contribution is 2.16. The van der Waals surface area contributed by atoms with Gasteiger partial charge in [0.05, 0.1) is 6.20 Å². The van der Waals surface area contributed by atoms with E-state index in [0.717, 1.165) is 25.9 Å². The van der Waals surface area contributed by atoms with E-state index in [0.29, 0.717) is 11.4 Å². The molecule has 0 aliphatic carbocycles. The Kier molecular flexibility index (Phi) is 2.62. The molecule has 0 radical (unpaired) electrons. The fourth-order valence-corrected chi connectivity index (χ4v) is 1.88. The van der Waals surface area contributed by atoms with Gasteiger partial charge < -0.3 is 10.6 Å². The summed E-state index contributed by atoms with van der Waals surface area (Å²) < 4.78 is 1.52. The number of amides is 1. The molecular weight excluding hydrogens is 192 g/mol. The summed E-state index contributed by atoms with van der Waals surface area (Å²) in [5.74, 6) is 0.464. The third-order valence-electron chi connectivity index (χ3n) is 2.86. The molecule has 0 bridgehead atoms. The zero-order valence-electron chi connectivity index (χ0n) is 8.94. The highest BCUT2D eigenvalue weighted by molar-refractivity contribution is 5.98. The van der Waals surface area contributed by atoms with Crippen molar-refractivity contribution in [1.29, 1.82) is 0 Å². The number of carbonyl (C=O) groups is 1. The Bertz CT molecular complexity index is 365. The zero-order chi connectivity index (χ0) is 10.8. The first-order valence-corrected chi connectivity index (χ1v) is 5.27. The van der Waals surface area contributed by atoms with Crippen molar-refractivity contribution in [2.45, 2.75) is 19.3 Å². The second-order valence-corrected chi connectivity index (χ2v) is 3.92. The molecular formula is C10H16N4O. The smallest absolute Gasteiger partial charge is 0.259 e. The third-order valence-corrected chi connectivity index (χ3v) is 2.86. The fraction of sp³-hybridized carbons (Fsp3) is 0.600. The number of carbonyl (C=O) groups excluding carboxylic acids is 1. The Labute approximate surface area is 88.8 Å². The second-order valence-electron chi connectivity index (χ2n) is 3.92. The Morgan fingerprint density at radius 2 is 2.07 bits per heavy atom. The predicted octanol–water partition coefficient (Wildman–Crippen LogP) is 0.628. The average molecular weight is 208 g/mol. The lowest BCUT2D eigenvalue weighted by Crippen LogP contribution is -2.35. The number of likely N-dealkylation sites (tertiary alicyclic amines) is 1. The Hall–Kier alpha value is -1.52. The van der Waals surface area contributed by atoms with Crippen LogP contribution in [0.25, 0.3) is 0 Å². The molecule has 5 heteroatoms. The van der Waals surface area contributed by atoms with Crippen LogP contribution in [-0.4, -0.2) is 33.7 Å². The third kappa shape index (κ3) is 1.82. The molecule has 1 aliphatic heterocycles. The molecule has 82 valence electrons. The molecule has 1 aromatic heterocycles. The van der Waals surface area contributed by atoms with Crippen LogP contribution in [0.5, 0.6) is 0 Å². The zero-order valence-corrected chi connectivity index (χ0v) is 8.94. The molecule has 0 unspecified atom stereocenters. The molecule has 15 heavy (non-hydrogen) atoms. The Balaban J connectivity index is 2.16. The molecule has 5 nitrogen and oxygen atoms in total. The summed E-state index contributed by atoms with van der Waals surface area (Å²) in [7, 11) is 1.74. The molecule has 1 fully saturated rings. The van der Waals surface area contributed by atoms with Crippen LogP contribution in [0.1, 0.15) is 29.6 Å². The number of hydrogen-bond acceptors (Lipinski definition) is 3. The molecule has 0 atom stereocenters. The maximum atomic E-state index is 12.0. The van der Waals surface area contributed by atoms with E-state index >= 15 is 0 Å². The summed E-state index contributed by atoms with van der Waals surface area (Å²) in [5.41, 5.74) is 6.29. The number of nitrogens with two attached hydrogens (primary N) is 1. The van der Waals surface area contributed by atoms with Crippen molar-refractivity contribution in [1.82, 2.24) is 14.7 Å². The summed E-state index contributed by atoms with van der Waals surface area (Å²) >= 11 is 0. The lowest BCUT2D eigenvalue weighted by molar-refractivity contribution is 0.0725. The first-order chi connectivity index (χ1) is 7.20. The summed E-state index contributed by atoms with van der Waals surface area (Å²) in [5, 5.41) is 3.98. The van der Waals surface area contributed by atoms with Crippen LogP contribution in [0, 0.1) is 0 Å². The van der Waals surface area contributed by atoms with Crippen molar-refractivity contribution < 1.29 is 4.79 Å². The van der Waals surface area contributed by atoms with Gasteiger partial charge in [-0.1, -0.05) is 0 Å². The van der Waals surface area contributed by atoms with Gasteiger partial charge in [-0.25, -0.2) is 0 Å². The normalized spacial score (nSPS) is 16.7. The van der Waals surface area contributed by atoms with Crippen molar-refractivity contribution in [2.75, 3.05) is 18.8 Å². The van der Waals surface area contributed by atoms with E-state index in [2.05, 4.69) is 5.10 Å². The highest BCUT2D eigenvalue weighted by Gasteiger charge is 2.21. The molecule has 0 saturated carbocycles. The minimum Gasteiger partial charge on any atom is -0.383 e. The highest BCUT2D eigenvalue weighted by atomic mass is 16.2. The molecule has 0 aromatic carbocycles. The summed E-state index contributed by atoms with van der Waals surface area (Å²) in [4.78, 5) is 13.9. The number of nitrogen functional groups attached to an aromatic ring is 1. The van der Waals surface area contributed by atoms with E-state index in [1.165, 1.54) is 11.1 Å². The van der Waals surface area contributed by atoms with Crippen molar-refractivity contribution in [2.24, 2.45) is 7.05 Å². The van der Waals surface area contributed by atoms with Gasteiger partial charge in [0.25, 0.3) is 5.91 Å². The quantitative estimate of drug-likeness (QED) is 0.736. The van der Waals surface area contributed by atoms with Crippen LogP contribution < -0.4 is 5.73 Å². The molecule has 0 spiro atoms. The molecule has 2 heterocycles. The van der Waals surface area contributed by atoms with E-state index in [4.69, 9.17) is 5.73 Å². The van der Waals surface area contributed by atoms with Crippen molar-refractivity contribution in [3.63, 3.8) is 0 Å². The van der Waals surface area contributed by atoms with Gasteiger partial charge in [-0.2, -0.15) is 5.10 Å². The minimum absolute atomic E-state index is 0.0142. The van der Waals surface area contributed by atoms with Crippen LogP contribution in [0.4, 0.5) is 5.82 Å². The Morgan fingerprint density at radius 1 is 1.40 bits per heavy atom. The lowest BCUT2D eigenvalue weighted by Gasteiger charge is -2.26. The summed E-state index contributed by atoms with van der Waals surface area (Å²) in [6.07, 6.45) is 4.94. The molecule has 2 rings (SSSR count). The van der Waals surface area contributed by atoms with Crippen LogP contribution >= 0.6 is 0 Å². The van der Waals surface area contributed by atoms with Gasteiger partial charge in [0, 0.05) is 20.1 Å². The number of aromatic nitrogens is 2. The number of aryl methyl sites for hydroxylation is 1. The van der Waals surface area contributed by atoms with Crippen molar-refractivity contribution in [3.8, 4) is 0 Å². The second kappa shape index (κ2) is 3.92. The largest absolute Gasteiger partial charge is 0.383 e. The molecule has 1 amide bonds. The topological polar surface area (TPSA) is 64.2 Å². The average Bonchev–Trinajstić information content (AvgIpc) is 2.60. The number of nitrogens with zero attached hydrogens (tertiary/aromatic N) is 3. The fourth-order valence-electron chi connectivity index (χ4n) is 1.88. The van der Waals surface area contributed by atoms with Gasteiger partial charge in [-0.15, -0.1) is 0 Å². The van der Waals surface area contributed by atoms with Crippen LogP contribution in [0.15, 0.2) is 6.20 Å². The van der Waals surface area contributed by atoms with Crippen LogP contribution in [-0.2, 0) is 7.05 Å². The number of rotatable bonds is 1. The SMILES string of the molecule is Cn1ncc(C(=O)N2CCCCC2)c1N. The van der Waals surface area contributed by atoms with E-state index < -0.39 is 0 Å². The molecule has 2 N–H and O–H groups in total. The minimum atomic E-state index is 0.0142. The van der Waals surface area contributed by atoms with Gasteiger partial charge in [0.15, 0.2) is 0 Å². The molecule has 1 aliphatic rings. The summed E-state index contributed by atoms with van der Waals surface area (Å²) in [6, 6.07) is 0. The van der Waals surface area contributed by atoms with Crippen LogP contribution in [0.3, 0.4) is 0 Å². The van der Waals surface area contributed by atoms with E-state index in [-0.39, 0.29) is 5.91 Å². The first-order valence-electron chi connectivity index (χ1n) is 5.27. The number of anilines is 1. The van der Waals surface area contributed by atoms with Crippen molar-refractivity contribution >= 4 is 11.7 Å². The number of hydrogen-bond donors (Lipinski definition) is 1. The van der Waals surface area contributed by atoms with E-state index in [1.807, 2.05) is 4.90 Å². The van der Waals surface area contributed by atoms with Gasteiger partial charge in [-0.05, 0) is 19.3 Å². The monoisotopic (exact) mass is 208 g/mol. The molecule has 1 aromatic rings. The van der Waals surface area contributed by atoms with Gasteiger partial charge in [-0.3, -0.25) is 9.48 Å². The van der Waals surface area contributed by atoms with E-state index in [9.17, 15) is 4.79 Å². The first kappa shape index (κ1) is 10.0. The van der Waals surface area contributed by atoms with E-state index in [1.54, 1.807) is 13.2 Å². The maximum Gasteiger partial charge on any atom is 0.259 e. The standard InChI is InChI=1S/C10H16N4O/c1-13-9(11)8(7-12-13)10(15)14-5-3-2-4-6-14/h7H,2-6,11H2,1H3. The Morgan fingerprint density at radius 3 is 2.60 bits per heavy atom. The van der Waals surface area contributed by atoms with Gasteiger partial charge in [0.2, 0.25) is 0 Å². The summed E-state index contributed by atoms with van der Waals surface area (Å²) in [6.45, 7) is 1.68. The van der Waals surface area contributed by atoms with Crippen molar-refractivity contribution in [3.05, 3.63) is 11.8 Å². The van der Waals surface area contributed by atoms with Gasteiger partial charge in [0.1, 0.15) is 11.4 Å². The number of piperidine rings is 1. The maximum absolute atomic E-state index is 12.0. The lowest BCUT2D eigenvalue weighted by atomic mass is 10.1. The van der Waals surface area contributed by atoms with Crippen LogP contribution in [0.2, 0.25) is 0 Å². The molecule has 1 saturated heterocycles.